The quantitative estimate of drug-likeness (QED) is 0.419. The molecule has 2 N–H and O–H groups in total. The molecular formula is C27H29N3O4. The average molecular weight is 460 g/mol. The van der Waals surface area contributed by atoms with Crippen LogP contribution in [0.2, 0.25) is 0 Å². The first-order chi connectivity index (χ1) is 16.3. The van der Waals surface area contributed by atoms with Gasteiger partial charge in [0.25, 0.3) is 5.91 Å². The number of anilines is 1. The van der Waals surface area contributed by atoms with Gasteiger partial charge in [0, 0.05) is 5.69 Å². The normalized spacial score (nSPS) is 13.5. The van der Waals surface area contributed by atoms with Gasteiger partial charge in [0.15, 0.2) is 6.10 Å². The van der Waals surface area contributed by atoms with Gasteiger partial charge in [0.1, 0.15) is 6.07 Å². The lowest BCUT2D eigenvalue weighted by Gasteiger charge is -2.27. The van der Waals surface area contributed by atoms with Crippen LogP contribution in [0.15, 0.2) is 72.8 Å². The Labute approximate surface area is 199 Å². The van der Waals surface area contributed by atoms with Gasteiger partial charge in [-0.2, -0.15) is 5.26 Å². The third kappa shape index (κ3) is 7.06. The second kappa shape index (κ2) is 11.3. The van der Waals surface area contributed by atoms with Gasteiger partial charge < -0.3 is 14.8 Å². The number of nitrogens with zero attached hydrogens (tertiary/aromatic N) is 1. The Hall–Kier alpha value is -3.89. The van der Waals surface area contributed by atoms with E-state index in [9.17, 15) is 14.9 Å². The van der Waals surface area contributed by atoms with Crippen LogP contribution in [-0.2, 0) is 20.9 Å². The first-order valence-electron chi connectivity index (χ1n) is 11.2. The highest BCUT2D eigenvalue weighted by Gasteiger charge is 2.33. The molecule has 3 aromatic carbocycles. The number of hydrogen-bond acceptors (Lipinski definition) is 5. The van der Waals surface area contributed by atoms with Gasteiger partial charge in [-0.25, -0.2) is 4.79 Å². The number of carbonyl (C=O) groups excluding carboxylic acids is 2. The summed E-state index contributed by atoms with van der Waals surface area (Å²) in [5, 5.41) is 16.9. The molecule has 0 bridgehead atoms. The molecule has 7 nitrogen and oxygen atoms in total. The van der Waals surface area contributed by atoms with Crippen LogP contribution in [0.1, 0.15) is 32.8 Å². The zero-order valence-electron chi connectivity index (χ0n) is 19.6. The molecule has 2 amide bonds. The minimum absolute atomic E-state index is 0.0720. The van der Waals surface area contributed by atoms with Crippen molar-refractivity contribution in [2.75, 3.05) is 5.32 Å². The second-order valence-corrected chi connectivity index (χ2v) is 8.62. The second-order valence-electron chi connectivity index (χ2n) is 8.62. The van der Waals surface area contributed by atoms with E-state index in [0.717, 1.165) is 16.3 Å². The maximum atomic E-state index is 13.0. The van der Waals surface area contributed by atoms with Crippen LogP contribution in [0, 0.1) is 17.2 Å². The predicted octanol–water partition coefficient (Wildman–Crippen LogP) is 5.38. The van der Waals surface area contributed by atoms with Gasteiger partial charge in [0.2, 0.25) is 5.72 Å². The van der Waals surface area contributed by atoms with Gasteiger partial charge in [-0.1, -0.05) is 74.5 Å². The van der Waals surface area contributed by atoms with Crippen molar-refractivity contribution in [1.29, 1.82) is 5.26 Å². The Bertz CT molecular complexity index is 1170. The molecule has 2 unspecified atom stereocenters. The monoisotopic (exact) mass is 459 g/mol. The van der Waals surface area contributed by atoms with E-state index in [0.29, 0.717) is 5.69 Å². The van der Waals surface area contributed by atoms with Crippen LogP contribution in [0.4, 0.5) is 10.5 Å². The van der Waals surface area contributed by atoms with Crippen molar-refractivity contribution in [3.63, 3.8) is 0 Å². The van der Waals surface area contributed by atoms with E-state index in [2.05, 4.69) is 10.6 Å². The highest BCUT2D eigenvalue weighted by Crippen LogP contribution is 2.20. The molecule has 0 saturated heterocycles. The van der Waals surface area contributed by atoms with Crippen molar-refractivity contribution in [3.05, 3.63) is 78.4 Å². The Morgan fingerprint density at radius 3 is 2.35 bits per heavy atom. The van der Waals surface area contributed by atoms with E-state index in [4.69, 9.17) is 9.47 Å². The fraction of sp³-hybridized carbons (Fsp3) is 0.296. The van der Waals surface area contributed by atoms with Crippen molar-refractivity contribution < 1.29 is 19.1 Å². The number of rotatable bonds is 9. The molecule has 3 aromatic rings. The van der Waals surface area contributed by atoms with E-state index >= 15 is 0 Å². The molecule has 0 fully saturated rings. The molecule has 3 rings (SSSR count). The molecule has 7 heteroatoms. The van der Waals surface area contributed by atoms with Crippen molar-refractivity contribution >= 4 is 28.5 Å². The number of amides is 2. The summed E-state index contributed by atoms with van der Waals surface area (Å²) in [6.45, 7) is 5.44. The van der Waals surface area contributed by atoms with Gasteiger partial charge in [0.05, 0.1) is 6.61 Å². The lowest BCUT2D eigenvalue weighted by molar-refractivity contribution is -0.138. The molecule has 0 radical (unpaired) electrons. The maximum absolute atomic E-state index is 13.0. The topological polar surface area (TPSA) is 100 Å². The number of nitriles is 1. The minimum atomic E-state index is -1.58. The van der Waals surface area contributed by atoms with Crippen LogP contribution in [0.5, 0.6) is 0 Å². The summed E-state index contributed by atoms with van der Waals surface area (Å²) >= 11 is 0. The number of nitrogens with one attached hydrogen (secondary N) is 2. The van der Waals surface area contributed by atoms with Crippen molar-refractivity contribution in [3.8, 4) is 6.07 Å². The molecule has 0 aromatic heterocycles. The molecular weight excluding hydrogens is 430 g/mol. The highest BCUT2D eigenvalue weighted by molar-refractivity contribution is 5.92. The zero-order valence-corrected chi connectivity index (χ0v) is 19.6. The van der Waals surface area contributed by atoms with Crippen LogP contribution in [-0.4, -0.2) is 23.8 Å². The lowest BCUT2D eigenvalue weighted by atomic mass is 10.0. The molecule has 176 valence electrons. The summed E-state index contributed by atoms with van der Waals surface area (Å²) in [6, 6.07) is 24.6. The number of ether oxygens (including phenoxy) is 2. The lowest BCUT2D eigenvalue weighted by Crippen LogP contribution is -2.52. The Balaban J connectivity index is 1.65. The molecule has 0 saturated carbocycles. The van der Waals surface area contributed by atoms with E-state index in [1.165, 1.54) is 6.92 Å². The third-order valence-corrected chi connectivity index (χ3v) is 5.17. The predicted molar refractivity (Wildman–Crippen MR) is 131 cm³/mol. The molecule has 2 atom stereocenters. The van der Waals surface area contributed by atoms with Crippen molar-refractivity contribution in [2.24, 2.45) is 5.92 Å². The first kappa shape index (κ1) is 24.7. The van der Waals surface area contributed by atoms with E-state index in [1.807, 2.05) is 86.6 Å². The molecule has 0 aliphatic heterocycles. The number of hydrogen-bond donors (Lipinski definition) is 2. The fourth-order valence-electron chi connectivity index (χ4n) is 3.39. The van der Waals surface area contributed by atoms with Crippen LogP contribution in [0.25, 0.3) is 10.8 Å². The van der Waals surface area contributed by atoms with E-state index in [1.54, 1.807) is 6.07 Å². The largest absolute Gasteiger partial charge is 0.436 e. The Kier molecular flexibility index (Phi) is 8.23. The number of fused-ring (bicyclic) bond motifs is 1. The molecule has 0 aliphatic carbocycles. The standard InChI is InChI=1S/C27H29N3O4/c1-19(2)15-24(25(31)30-27(3,18-28)33-17-20-9-5-4-6-10-20)34-26(32)29-23-14-13-21-11-7-8-12-22(21)16-23/h4-14,16,19,24H,15,17H2,1-3H3,(H,29,32)(H,30,31). The van der Waals surface area contributed by atoms with E-state index in [-0.39, 0.29) is 18.9 Å². The van der Waals surface area contributed by atoms with Gasteiger partial charge in [-0.05, 0) is 47.7 Å². The number of carbonyl (C=O) groups is 2. The summed E-state index contributed by atoms with van der Waals surface area (Å²) in [6.07, 6.45) is -1.55. The summed E-state index contributed by atoms with van der Waals surface area (Å²) in [4.78, 5) is 25.6. The summed E-state index contributed by atoms with van der Waals surface area (Å²) in [5.41, 5.74) is -0.163. The first-order valence-corrected chi connectivity index (χ1v) is 11.2. The summed E-state index contributed by atoms with van der Waals surface area (Å²) < 4.78 is 11.1. The number of benzene rings is 3. The zero-order chi connectivity index (χ0) is 24.6. The van der Waals surface area contributed by atoms with Crippen LogP contribution < -0.4 is 10.6 Å². The molecule has 0 spiro atoms. The Morgan fingerprint density at radius 2 is 1.68 bits per heavy atom. The van der Waals surface area contributed by atoms with Gasteiger partial charge in [-0.15, -0.1) is 0 Å². The molecule has 34 heavy (non-hydrogen) atoms. The van der Waals surface area contributed by atoms with Crippen LogP contribution >= 0.6 is 0 Å². The molecule has 0 aliphatic rings. The summed E-state index contributed by atoms with van der Waals surface area (Å²) in [7, 11) is 0. The van der Waals surface area contributed by atoms with Crippen molar-refractivity contribution in [2.45, 2.75) is 45.6 Å². The Morgan fingerprint density at radius 1 is 1.00 bits per heavy atom. The van der Waals surface area contributed by atoms with E-state index < -0.39 is 23.8 Å². The summed E-state index contributed by atoms with van der Waals surface area (Å²) in [5.74, 6) is -0.526. The minimum Gasteiger partial charge on any atom is -0.436 e. The van der Waals surface area contributed by atoms with Gasteiger partial charge in [-0.3, -0.25) is 10.1 Å². The van der Waals surface area contributed by atoms with Crippen LogP contribution in [0.3, 0.4) is 0 Å². The smallest absolute Gasteiger partial charge is 0.412 e. The average Bonchev–Trinajstić information content (AvgIpc) is 2.82. The van der Waals surface area contributed by atoms with Crippen molar-refractivity contribution in [1.82, 2.24) is 5.32 Å². The van der Waals surface area contributed by atoms with Gasteiger partial charge >= 0.3 is 6.09 Å². The third-order valence-electron chi connectivity index (χ3n) is 5.17. The SMILES string of the molecule is CC(C)CC(OC(=O)Nc1ccc2ccccc2c1)C(=O)NC(C)(C#N)OCc1ccccc1. The maximum Gasteiger partial charge on any atom is 0.412 e. The molecule has 0 heterocycles. The highest BCUT2D eigenvalue weighted by atomic mass is 16.6. The fourth-order valence-corrected chi connectivity index (χ4v) is 3.39.